The van der Waals surface area contributed by atoms with Crippen LogP contribution in [0.5, 0.6) is 0 Å². The molecule has 0 spiro atoms. The number of benzene rings is 6. The summed E-state index contributed by atoms with van der Waals surface area (Å²) in [4.78, 5) is 10.6. The van der Waals surface area contributed by atoms with Gasteiger partial charge in [-0.3, -0.25) is 4.57 Å². The summed E-state index contributed by atoms with van der Waals surface area (Å²) in [5.74, 6) is 0.670. The molecule has 0 fully saturated rings. The Morgan fingerprint density at radius 2 is 1.20 bits per heavy atom. The van der Waals surface area contributed by atoms with Crippen LogP contribution in [0.3, 0.4) is 0 Å². The zero-order valence-corrected chi connectivity index (χ0v) is 25.4. The molecule has 6 aromatic carbocycles. The quantitative estimate of drug-likeness (QED) is 0.203. The smallest absolute Gasteiger partial charge is 0.235 e. The van der Waals surface area contributed by atoms with E-state index in [1.54, 1.807) is 0 Å². The van der Waals surface area contributed by atoms with Crippen LogP contribution in [0.15, 0.2) is 140 Å². The molecule has 9 aromatic rings. The van der Waals surface area contributed by atoms with Gasteiger partial charge in [0.1, 0.15) is 0 Å². The summed E-state index contributed by atoms with van der Waals surface area (Å²) >= 11 is 1.86. The van der Waals surface area contributed by atoms with Gasteiger partial charge in [-0.15, -0.1) is 11.3 Å². The van der Waals surface area contributed by atoms with E-state index in [2.05, 4.69) is 145 Å². The first kappa shape index (κ1) is 25.9. The predicted molar refractivity (Wildman–Crippen MR) is 192 cm³/mol. The molecule has 0 amide bonds. The lowest BCUT2D eigenvalue weighted by atomic mass is 9.95. The minimum Gasteiger partial charge on any atom is -0.276 e. The monoisotopic (exact) mass is 593 g/mol. The number of para-hydroxylation sites is 1. The third-order valence-corrected chi connectivity index (χ3v) is 9.88. The maximum Gasteiger partial charge on any atom is 0.235 e. The number of fused-ring (bicyclic) bond motifs is 10. The molecular formula is C41H27N3S. The molecule has 0 aliphatic heterocycles. The molecule has 0 aliphatic rings. The number of aromatic nitrogens is 3. The van der Waals surface area contributed by atoms with Gasteiger partial charge >= 0.3 is 0 Å². The summed E-state index contributed by atoms with van der Waals surface area (Å²) in [6.07, 6.45) is 4.37. The molecule has 9 rings (SSSR count). The summed E-state index contributed by atoms with van der Waals surface area (Å²) in [7, 11) is 0. The Morgan fingerprint density at radius 3 is 1.91 bits per heavy atom. The van der Waals surface area contributed by atoms with E-state index in [-0.39, 0.29) is 0 Å². The fourth-order valence-electron chi connectivity index (χ4n) is 6.82. The van der Waals surface area contributed by atoms with Crippen LogP contribution in [-0.2, 0) is 0 Å². The van der Waals surface area contributed by atoms with Crippen LogP contribution in [0, 0.1) is 0 Å². The summed E-state index contributed by atoms with van der Waals surface area (Å²) < 4.78 is 4.84. The molecule has 212 valence electrons. The average Bonchev–Trinajstić information content (AvgIpc) is 3.66. The van der Waals surface area contributed by atoms with Crippen molar-refractivity contribution in [3.63, 3.8) is 0 Å². The number of rotatable bonds is 4. The lowest BCUT2D eigenvalue weighted by Gasteiger charge is -2.13. The highest BCUT2D eigenvalue weighted by Gasteiger charge is 2.24. The number of thiophene rings is 1. The molecule has 45 heavy (non-hydrogen) atoms. The zero-order valence-electron chi connectivity index (χ0n) is 24.6. The van der Waals surface area contributed by atoms with Crippen molar-refractivity contribution in [2.45, 2.75) is 6.92 Å². The molecule has 3 nitrogen and oxygen atoms in total. The lowest BCUT2D eigenvalue weighted by Crippen LogP contribution is -2.04. The van der Waals surface area contributed by atoms with Crippen molar-refractivity contribution < 1.29 is 0 Å². The van der Waals surface area contributed by atoms with Crippen molar-refractivity contribution in [3.05, 3.63) is 145 Å². The van der Waals surface area contributed by atoms with Gasteiger partial charge in [-0.05, 0) is 41.5 Å². The van der Waals surface area contributed by atoms with Gasteiger partial charge in [0.2, 0.25) is 5.95 Å². The fraction of sp³-hybridized carbons (Fsp3) is 0.0244. The van der Waals surface area contributed by atoms with Gasteiger partial charge in [0.05, 0.1) is 27.1 Å². The Morgan fingerprint density at radius 1 is 0.578 bits per heavy atom. The average molecular weight is 594 g/mol. The van der Waals surface area contributed by atoms with Crippen molar-refractivity contribution in [2.75, 3.05) is 0 Å². The molecule has 0 aliphatic carbocycles. The van der Waals surface area contributed by atoms with E-state index in [9.17, 15) is 0 Å². The van der Waals surface area contributed by atoms with Crippen molar-refractivity contribution >= 4 is 70.2 Å². The van der Waals surface area contributed by atoms with Crippen LogP contribution in [0.25, 0.3) is 87.3 Å². The second-order valence-corrected chi connectivity index (χ2v) is 12.4. The van der Waals surface area contributed by atoms with Gasteiger partial charge in [0.25, 0.3) is 0 Å². The van der Waals surface area contributed by atoms with Crippen LogP contribution in [-0.4, -0.2) is 14.5 Å². The first-order valence-electron chi connectivity index (χ1n) is 15.2. The third kappa shape index (κ3) is 3.96. The maximum atomic E-state index is 5.30. The van der Waals surface area contributed by atoms with Crippen LogP contribution in [0.2, 0.25) is 0 Å². The Balaban J connectivity index is 1.51. The number of hydrogen-bond donors (Lipinski definition) is 0. The lowest BCUT2D eigenvalue weighted by molar-refractivity contribution is 0.998. The molecule has 3 aromatic heterocycles. The SMILES string of the molecule is C/C=C\c1cccc2c1c1c3ccccc3sc1c1c2c2ccccc2n1-c1nc(-c2ccccc2)cc(-c2ccccc2)n1. The topological polar surface area (TPSA) is 30.7 Å². The van der Waals surface area contributed by atoms with Crippen molar-refractivity contribution in [2.24, 2.45) is 0 Å². The third-order valence-electron chi connectivity index (χ3n) is 8.70. The maximum absolute atomic E-state index is 5.30. The molecule has 0 saturated heterocycles. The van der Waals surface area contributed by atoms with E-state index >= 15 is 0 Å². The van der Waals surface area contributed by atoms with E-state index in [1.165, 1.54) is 47.3 Å². The number of hydrogen-bond acceptors (Lipinski definition) is 3. The highest BCUT2D eigenvalue weighted by molar-refractivity contribution is 7.27. The summed E-state index contributed by atoms with van der Waals surface area (Å²) in [5.41, 5.74) is 7.40. The van der Waals surface area contributed by atoms with Crippen LogP contribution >= 0.6 is 11.3 Å². The first-order valence-corrected chi connectivity index (χ1v) is 16.0. The Labute approximate surface area is 264 Å². The van der Waals surface area contributed by atoms with Crippen molar-refractivity contribution in [1.29, 1.82) is 0 Å². The zero-order chi connectivity index (χ0) is 29.9. The number of allylic oxidation sites excluding steroid dienone is 1. The molecule has 0 N–H and O–H groups in total. The summed E-state index contributed by atoms with van der Waals surface area (Å²) in [6, 6.07) is 47.1. The van der Waals surface area contributed by atoms with Gasteiger partial charge in [-0.25, -0.2) is 9.97 Å². The molecule has 0 unspecified atom stereocenters. The van der Waals surface area contributed by atoms with Crippen LogP contribution in [0.4, 0.5) is 0 Å². The van der Waals surface area contributed by atoms with Crippen molar-refractivity contribution in [1.82, 2.24) is 14.5 Å². The minimum absolute atomic E-state index is 0.670. The molecule has 0 atom stereocenters. The van der Waals surface area contributed by atoms with Gasteiger partial charge in [0.15, 0.2) is 0 Å². The largest absolute Gasteiger partial charge is 0.276 e. The standard InChI is InChI=1S/C41H27N3S/c1-2-14-28-19-13-22-31-36(28)38-30-21-10-12-24-35(30)45-40(38)39-37(31)29-20-9-11-23-34(29)44(39)41-42-32(26-15-5-3-6-16-26)25-33(43-41)27-17-7-4-8-18-27/h2-25H,1H3/b14-2-. The second-order valence-electron chi connectivity index (χ2n) is 11.3. The van der Waals surface area contributed by atoms with E-state index in [1.807, 2.05) is 23.5 Å². The van der Waals surface area contributed by atoms with Gasteiger partial charge in [-0.2, -0.15) is 0 Å². The van der Waals surface area contributed by atoms with E-state index in [4.69, 9.17) is 9.97 Å². The highest BCUT2D eigenvalue weighted by atomic mass is 32.1. The first-order chi connectivity index (χ1) is 22.3. The minimum atomic E-state index is 0.670. The number of nitrogens with zero attached hydrogens (tertiary/aromatic N) is 3. The van der Waals surface area contributed by atoms with Crippen molar-refractivity contribution in [3.8, 4) is 28.5 Å². The van der Waals surface area contributed by atoms with E-state index < -0.39 is 0 Å². The molecule has 0 saturated carbocycles. The molecule has 0 bridgehead atoms. The highest BCUT2D eigenvalue weighted by Crippen LogP contribution is 2.48. The van der Waals surface area contributed by atoms with E-state index in [0.29, 0.717) is 5.95 Å². The van der Waals surface area contributed by atoms with Crippen LogP contribution < -0.4 is 0 Å². The molecular weight excluding hydrogens is 567 g/mol. The van der Waals surface area contributed by atoms with Gasteiger partial charge in [-0.1, -0.05) is 127 Å². The summed E-state index contributed by atoms with van der Waals surface area (Å²) in [5, 5.41) is 7.54. The molecule has 4 heteroatoms. The van der Waals surface area contributed by atoms with Crippen LogP contribution in [0.1, 0.15) is 12.5 Å². The predicted octanol–water partition coefficient (Wildman–Crippen LogP) is 11.5. The second kappa shape index (κ2) is 10.3. The Hall–Kier alpha value is -5.58. The molecule has 0 radical (unpaired) electrons. The normalized spacial score (nSPS) is 12.0. The Bertz CT molecular complexity index is 2530. The van der Waals surface area contributed by atoms with Gasteiger partial charge < -0.3 is 0 Å². The van der Waals surface area contributed by atoms with Gasteiger partial charge in [0, 0.05) is 37.4 Å². The van der Waals surface area contributed by atoms with E-state index in [0.717, 1.165) is 33.5 Å². The molecule has 3 heterocycles. The fourth-order valence-corrected chi connectivity index (χ4v) is 8.07. The summed E-state index contributed by atoms with van der Waals surface area (Å²) in [6.45, 7) is 2.09. The Kier molecular flexibility index (Phi) is 5.90.